The van der Waals surface area contributed by atoms with Crippen LogP contribution in [0.5, 0.6) is 0 Å². The predicted octanol–water partition coefficient (Wildman–Crippen LogP) is 23.0. The number of furan rings is 4. The van der Waals surface area contributed by atoms with Crippen LogP contribution in [0.3, 0.4) is 0 Å². The highest BCUT2D eigenvalue weighted by atomic mass is 16.4. The number of hydrogen-bond acceptors (Lipinski definition) is 6. The summed E-state index contributed by atoms with van der Waals surface area (Å²) < 4.78 is 27.4. The van der Waals surface area contributed by atoms with Crippen LogP contribution in [0.4, 0.5) is 34.1 Å². The van der Waals surface area contributed by atoms with Gasteiger partial charge in [-0.25, -0.2) is 0 Å². The van der Waals surface area contributed by atoms with Gasteiger partial charge in [0, 0.05) is 89.3 Å². The molecule has 4 heterocycles. The number of fused-ring (bicyclic) bond motifs is 19. The maximum absolute atomic E-state index is 7.12. The standard InChI is InChI=1S/C78H46N2O4/c1-3-18-51(19-4-1)79(53-31-28-49(29-32-53)58-25-12-16-47-14-7-9-23-57(47)58)55-33-36-67-71(45-55)81-70-43-41-66-64-39-38-61-59(26-13-27-62(61)76(64)84-78(66)74(67)70)50-17-11-22-54(44-50)80(52-20-5-2-6-21-52)56-34-37-68-72(46-56)82-69-42-40-65-63-35-30-48-15-8-10-24-60(48)75(63)83-77(65)73(68)69/h1-46H. The van der Waals surface area contributed by atoms with Crippen molar-refractivity contribution in [2.75, 3.05) is 9.80 Å². The quantitative estimate of drug-likeness (QED) is 0.151. The predicted molar refractivity (Wildman–Crippen MR) is 348 cm³/mol. The number of anilines is 6. The monoisotopic (exact) mass is 1070 g/mol. The molecule has 0 unspecified atom stereocenters. The van der Waals surface area contributed by atoms with Gasteiger partial charge in [-0.2, -0.15) is 0 Å². The highest BCUT2D eigenvalue weighted by molar-refractivity contribution is 6.27. The highest BCUT2D eigenvalue weighted by Gasteiger charge is 2.24. The van der Waals surface area contributed by atoms with Gasteiger partial charge >= 0.3 is 0 Å². The molecule has 0 aliphatic heterocycles. The number of hydrogen-bond donors (Lipinski definition) is 0. The first kappa shape index (κ1) is 46.4. The maximum Gasteiger partial charge on any atom is 0.147 e. The van der Waals surface area contributed by atoms with E-state index in [0.717, 1.165) is 155 Å². The smallest absolute Gasteiger partial charge is 0.147 e. The van der Waals surface area contributed by atoms with Crippen LogP contribution in [0.25, 0.3) is 142 Å². The molecular formula is C78H46N2O4. The molecule has 18 rings (SSSR count). The molecule has 0 atom stereocenters. The summed E-state index contributed by atoms with van der Waals surface area (Å²) in [6.07, 6.45) is 0. The van der Waals surface area contributed by atoms with Gasteiger partial charge in [0.25, 0.3) is 0 Å². The van der Waals surface area contributed by atoms with E-state index in [1.54, 1.807) is 0 Å². The molecule has 0 aliphatic rings. The molecule has 0 aliphatic carbocycles. The second-order valence-electron chi connectivity index (χ2n) is 21.9. The Hall–Kier alpha value is -11.3. The Labute approximate surface area is 480 Å². The van der Waals surface area contributed by atoms with Crippen molar-refractivity contribution in [2.24, 2.45) is 0 Å². The average molecular weight is 1080 g/mol. The molecule has 6 nitrogen and oxygen atoms in total. The molecule has 0 amide bonds. The Morgan fingerprint density at radius 3 is 1.26 bits per heavy atom. The summed E-state index contributed by atoms with van der Waals surface area (Å²) in [6.45, 7) is 0. The first-order valence-electron chi connectivity index (χ1n) is 28.5. The topological polar surface area (TPSA) is 59.0 Å². The molecule has 0 spiro atoms. The van der Waals surface area contributed by atoms with Gasteiger partial charge < -0.3 is 27.5 Å². The minimum absolute atomic E-state index is 0.779. The lowest BCUT2D eigenvalue weighted by atomic mass is 9.96. The lowest BCUT2D eigenvalue weighted by molar-refractivity contribution is 0.663. The molecule has 14 aromatic carbocycles. The van der Waals surface area contributed by atoms with Crippen LogP contribution < -0.4 is 9.80 Å². The van der Waals surface area contributed by atoms with Gasteiger partial charge in [-0.05, 0) is 153 Å². The Balaban J connectivity index is 0.717. The lowest BCUT2D eigenvalue weighted by Crippen LogP contribution is -2.09. The Kier molecular flexibility index (Phi) is 9.99. The van der Waals surface area contributed by atoms with E-state index < -0.39 is 0 Å². The number of nitrogens with zero attached hydrogens (tertiary/aromatic N) is 2. The molecule has 0 saturated carbocycles. The van der Waals surface area contributed by atoms with Crippen molar-refractivity contribution in [1.29, 1.82) is 0 Å². The van der Waals surface area contributed by atoms with Crippen LogP contribution in [-0.4, -0.2) is 0 Å². The van der Waals surface area contributed by atoms with Crippen molar-refractivity contribution in [3.05, 3.63) is 279 Å². The molecule has 0 N–H and O–H groups in total. The van der Waals surface area contributed by atoms with Gasteiger partial charge in [0.1, 0.15) is 44.7 Å². The van der Waals surface area contributed by atoms with Gasteiger partial charge in [0.2, 0.25) is 0 Å². The van der Waals surface area contributed by atoms with E-state index >= 15 is 0 Å². The molecule has 392 valence electrons. The number of para-hydroxylation sites is 2. The molecule has 0 radical (unpaired) electrons. The van der Waals surface area contributed by atoms with Gasteiger partial charge in [-0.3, -0.25) is 0 Å². The molecule has 0 saturated heterocycles. The summed E-state index contributed by atoms with van der Waals surface area (Å²) in [5.74, 6) is 0. The second kappa shape index (κ2) is 18.1. The highest BCUT2D eigenvalue weighted by Crippen LogP contribution is 2.48. The van der Waals surface area contributed by atoms with Crippen molar-refractivity contribution >= 4 is 154 Å². The zero-order chi connectivity index (χ0) is 55.0. The SMILES string of the molecule is c1ccc(N(c2cccc(-c3cccc4c3ccc3c5ccc6oc7cc(N(c8ccccc8)c8ccc(-c9cccc%10ccccc9%10)cc8)ccc7c6c5oc43)c2)c2ccc3c(c2)oc2ccc4c5ccc6ccccc6c5oc4c23)cc1. The maximum atomic E-state index is 7.12. The van der Waals surface area contributed by atoms with Gasteiger partial charge in [0.05, 0.1) is 10.8 Å². The van der Waals surface area contributed by atoms with Gasteiger partial charge in [0.15, 0.2) is 0 Å². The molecule has 0 bridgehead atoms. The molecule has 0 fully saturated rings. The minimum Gasteiger partial charge on any atom is -0.456 e. The Morgan fingerprint density at radius 1 is 0.202 bits per heavy atom. The van der Waals surface area contributed by atoms with E-state index in [2.05, 4.69) is 289 Å². The average Bonchev–Trinajstić information content (AvgIpc) is 2.78. The third-order valence-electron chi connectivity index (χ3n) is 17.2. The van der Waals surface area contributed by atoms with Crippen LogP contribution in [0, 0.1) is 0 Å². The molecule has 4 aromatic heterocycles. The molecule has 84 heavy (non-hydrogen) atoms. The lowest BCUT2D eigenvalue weighted by Gasteiger charge is -2.26. The van der Waals surface area contributed by atoms with E-state index in [-0.39, 0.29) is 0 Å². The summed E-state index contributed by atoms with van der Waals surface area (Å²) in [7, 11) is 0. The van der Waals surface area contributed by atoms with Crippen molar-refractivity contribution in [3.8, 4) is 22.3 Å². The Bertz CT molecular complexity index is 5690. The fraction of sp³-hybridized carbons (Fsp3) is 0. The van der Waals surface area contributed by atoms with Crippen LogP contribution in [-0.2, 0) is 0 Å². The summed E-state index contributed by atoms with van der Waals surface area (Å²) >= 11 is 0. The third kappa shape index (κ3) is 7.04. The number of benzene rings is 14. The van der Waals surface area contributed by atoms with E-state index in [1.807, 2.05) is 0 Å². The zero-order valence-corrected chi connectivity index (χ0v) is 45.1. The molecule has 18 aromatic rings. The summed E-state index contributed by atoms with van der Waals surface area (Å²) in [4.78, 5) is 4.59. The molecule has 6 heteroatoms. The van der Waals surface area contributed by atoms with Crippen molar-refractivity contribution in [1.82, 2.24) is 0 Å². The van der Waals surface area contributed by atoms with E-state index in [4.69, 9.17) is 17.7 Å². The largest absolute Gasteiger partial charge is 0.456 e. The molecular weight excluding hydrogens is 1030 g/mol. The van der Waals surface area contributed by atoms with Crippen LogP contribution >= 0.6 is 0 Å². The van der Waals surface area contributed by atoms with Crippen LogP contribution in [0.2, 0.25) is 0 Å². The normalized spacial score (nSPS) is 12.0. The first-order valence-corrected chi connectivity index (χ1v) is 28.5. The zero-order valence-electron chi connectivity index (χ0n) is 45.1. The summed E-state index contributed by atoms with van der Waals surface area (Å²) in [6, 6.07) is 99.0. The third-order valence-corrected chi connectivity index (χ3v) is 17.2. The van der Waals surface area contributed by atoms with Crippen LogP contribution in [0.15, 0.2) is 297 Å². The first-order chi connectivity index (χ1) is 41.6. The van der Waals surface area contributed by atoms with Crippen molar-refractivity contribution in [3.63, 3.8) is 0 Å². The van der Waals surface area contributed by atoms with Crippen molar-refractivity contribution < 1.29 is 17.7 Å². The second-order valence-corrected chi connectivity index (χ2v) is 21.9. The van der Waals surface area contributed by atoms with E-state index in [9.17, 15) is 0 Å². The number of rotatable bonds is 8. The van der Waals surface area contributed by atoms with Crippen molar-refractivity contribution in [2.45, 2.75) is 0 Å². The van der Waals surface area contributed by atoms with Gasteiger partial charge in [-0.15, -0.1) is 0 Å². The van der Waals surface area contributed by atoms with E-state index in [1.165, 1.54) is 21.9 Å². The fourth-order valence-corrected chi connectivity index (χ4v) is 13.4. The summed E-state index contributed by atoms with van der Waals surface area (Å²) in [5, 5.41) is 15.1. The van der Waals surface area contributed by atoms with Gasteiger partial charge in [-0.1, -0.05) is 158 Å². The summed E-state index contributed by atoms with van der Waals surface area (Å²) in [5.41, 5.74) is 17.2. The van der Waals surface area contributed by atoms with Crippen LogP contribution in [0.1, 0.15) is 0 Å². The fourth-order valence-electron chi connectivity index (χ4n) is 13.4. The van der Waals surface area contributed by atoms with E-state index in [0.29, 0.717) is 0 Å². The Morgan fingerprint density at radius 2 is 0.607 bits per heavy atom. The minimum atomic E-state index is 0.779.